The number of hydrogen-bond donors (Lipinski definition) is 4. The molecule has 2 rings (SSSR count). The summed E-state index contributed by atoms with van der Waals surface area (Å²) in [5.74, 6) is -5.72. The Morgan fingerprint density at radius 1 is 1.58 bits per heavy atom. The van der Waals surface area contributed by atoms with Crippen molar-refractivity contribution in [1.29, 1.82) is 0 Å². The Hall–Kier alpha value is -1.89. The van der Waals surface area contributed by atoms with E-state index in [4.69, 9.17) is 20.8 Å². The molecule has 0 aromatic carbocycles. The number of nitrogens with one attached hydrogen (secondary N) is 2. The number of anilines is 2. The van der Waals surface area contributed by atoms with E-state index in [2.05, 4.69) is 20.6 Å². The van der Waals surface area contributed by atoms with E-state index < -0.39 is 66.3 Å². The molecule has 3 atom stereocenters. The van der Waals surface area contributed by atoms with Crippen LogP contribution in [0, 0.1) is 5.89 Å². The largest absolute Gasteiger partial charge is 0.390 e. The highest BCUT2D eigenvalue weighted by atomic mass is 16.3. The molecule has 1 aromatic rings. The molecule has 1 saturated carbocycles. The van der Waals surface area contributed by atoms with Gasteiger partial charge in [0.15, 0.2) is 0 Å². The van der Waals surface area contributed by atoms with Crippen LogP contribution in [0.1, 0.15) is 79.1 Å². The maximum absolute atomic E-state index is 12.0. The lowest BCUT2D eigenvalue weighted by atomic mass is 9.75. The van der Waals surface area contributed by atoms with Crippen molar-refractivity contribution in [2.45, 2.75) is 70.8 Å². The van der Waals surface area contributed by atoms with Crippen molar-refractivity contribution in [2.24, 2.45) is 11.6 Å². The van der Waals surface area contributed by atoms with Gasteiger partial charge in [-0.1, -0.05) is 6.85 Å². The van der Waals surface area contributed by atoms with Crippen molar-refractivity contribution < 1.29 is 25.0 Å². The van der Waals surface area contributed by atoms with Crippen molar-refractivity contribution in [2.75, 3.05) is 10.6 Å². The van der Waals surface area contributed by atoms with Crippen molar-refractivity contribution in [3.05, 3.63) is 11.8 Å². The number of amides is 1. The molecular weight excluding hydrogens is 306 g/mol. The summed E-state index contributed by atoms with van der Waals surface area (Å²) in [5, 5.41) is 16.0. The first-order valence-corrected chi connectivity index (χ1v) is 7.18. The number of rotatable bonds is 4. The topological polar surface area (TPSA) is 113 Å². The second-order valence-electron chi connectivity index (χ2n) is 6.52. The third kappa shape index (κ3) is 4.56. The maximum Gasteiger partial charge on any atom is 0.254 e. The van der Waals surface area contributed by atoms with Crippen LogP contribution in [-0.4, -0.2) is 38.1 Å². The van der Waals surface area contributed by atoms with E-state index in [1.807, 2.05) is 0 Å². The smallest absolute Gasteiger partial charge is 0.254 e. The molecule has 1 aromatic heterocycles. The molecule has 0 spiro atoms. The Morgan fingerprint density at radius 2 is 2.29 bits per heavy atom. The zero-order valence-electron chi connectivity index (χ0n) is 24.9. The number of nitrogens with zero attached hydrogens (tertiary/aromatic N) is 2. The molecule has 1 heterocycles. The molecule has 1 aliphatic rings. The van der Waals surface area contributed by atoms with Crippen LogP contribution in [0.2, 0.25) is 0 Å². The van der Waals surface area contributed by atoms with Crippen LogP contribution >= 0.6 is 0 Å². The van der Waals surface area contributed by atoms with Gasteiger partial charge >= 0.3 is 0 Å². The van der Waals surface area contributed by atoms with E-state index in [9.17, 15) is 9.90 Å². The molecule has 7 nitrogen and oxygen atoms in total. The monoisotopic (exact) mass is 346 g/mol. The van der Waals surface area contributed by atoms with E-state index in [0.717, 1.165) is 6.20 Å². The lowest BCUT2D eigenvalue weighted by molar-refractivity contribution is -0.0277. The van der Waals surface area contributed by atoms with Crippen molar-refractivity contribution >= 4 is 17.7 Å². The number of aromatic nitrogens is 2. The average Bonchev–Trinajstić information content (AvgIpc) is 2.63. The number of hydrogen-bond acceptors (Lipinski definition) is 6. The second-order valence-corrected chi connectivity index (χ2v) is 6.52. The summed E-state index contributed by atoms with van der Waals surface area (Å²) in [6.45, 7) is 2.02. The highest BCUT2D eigenvalue weighted by Crippen LogP contribution is 2.34. The summed E-state index contributed by atoms with van der Waals surface area (Å²) < 4.78 is 90.7. The Kier molecular flexibility index (Phi) is 2.31. The summed E-state index contributed by atoms with van der Waals surface area (Å²) in [4.78, 5) is 19.9. The molecule has 134 valence electrons. The van der Waals surface area contributed by atoms with Crippen LogP contribution in [0.3, 0.4) is 0 Å². The SMILES string of the molecule is [2H]C1([2H])C([2H])([2H])[C@]([2H])(C([2H])([2H])[2H])[C@](C)(O)C([2H])([2H])[C@]1([2H])Nc1nc(NC(C)(C)C)ncc1C(N)=O. The van der Waals surface area contributed by atoms with E-state index >= 15 is 0 Å². The molecule has 0 bridgehead atoms. The molecule has 0 saturated heterocycles. The standard InChI is InChI=1S/C17H29N5O2/c1-10-6-7-11(8-17(10,5)24)20-14-12(13(18)23)9-19-15(21-14)22-16(2,3)4/h9-11,24H,6-8H2,1-5H3,(H2,18,23)(H2,19,20,21,22)/t10-,11+,17+/m0/s1/i1D3,6D2,7D2,8D2,10D,11D. The predicted octanol–water partition coefficient (Wildman–Crippen LogP) is 2.14. The molecule has 5 N–H and O–H groups in total. The summed E-state index contributed by atoms with van der Waals surface area (Å²) in [6, 6.07) is -3.54. The number of primary amides is 1. The Labute approximate surface area is 158 Å². The lowest BCUT2D eigenvalue weighted by Crippen LogP contribution is -2.44. The normalized spacial score (nSPS) is 47.3. The van der Waals surface area contributed by atoms with Crippen LogP contribution in [0.15, 0.2) is 6.20 Å². The molecule has 0 aliphatic heterocycles. The molecule has 1 fully saturated rings. The number of carbonyl (C=O) groups is 1. The van der Waals surface area contributed by atoms with Gasteiger partial charge in [-0.2, -0.15) is 4.98 Å². The minimum atomic E-state index is -3.85. The fourth-order valence-electron chi connectivity index (χ4n) is 1.82. The van der Waals surface area contributed by atoms with Crippen LogP contribution in [-0.2, 0) is 0 Å². The van der Waals surface area contributed by atoms with Crippen molar-refractivity contribution in [1.82, 2.24) is 9.97 Å². The molecule has 7 heteroatoms. The fourth-order valence-corrected chi connectivity index (χ4v) is 1.82. The van der Waals surface area contributed by atoms with Gasteiger partial charge in [-0.3, -0.25) is 4.79 Å². The van der Waals surface area contributed by atoms with Gasteiger partial charge in [-0.15, -0.1) is 0 Å². The Morgan fingerprint density at radius 3 is 2.88 bits per heavy atom. The van der Waals surface area contributed by atoms with Gasteiger partial charge in [0, 0.05) is 31.5 Å². The molecule has 1 aliphatic carbocycles. The van der Waals surface area contributed by atoms with Crippen LogP contribution in [0.5, 0.6) is 0 Å². The lowest BCUT2D eigenvalue weighted by Gasteiger charge is -2.39. The first-order valence-electron chi connectivity index (χ1n) is 12.7. The molecule has 0 radical (unpaired) electrons. The predicted molar refractivity (Wildman–Crippen MR) is 95.0 cm³/mol. The summed E-state index contributed by atoms with van der Waals surface area (Å²) in [5.41, 5.74) is 0.736. The van der Waals surface area contributed by atoms with E-state index in [1.54, 1.807) is 20.8 Å². The van der Waals surface area contributed by atoms with E-state index in [0.29, 0.717) is 6.92 Å². The van der Waals surface area contributed by atoms with Gasteiger partial charge in [0.05, 0.1) is 12.5 Å². The van der Waals surface area contributed by atoms with Crippen LogP contribution in [0.4, 0.5) is 11.8 Å². The van der Waals surface area contributed by atoms with Crippen LogP contribution < -0.4 is 16.4 Å². The summed E-state index contributed by atoms with van der Waals surface area (Å²) in [7, 11) is 0. The Bertz CT molecular complexity index is 993. The molecule has 1 amide bonds. The maximum atomic E-state index is 12.0. The number of nitrogens with two attached hydrogens (primary N) is 1. The first kappa shape index (κ1) is 8.47. The number of aliphatic hydroxyl groups is 1. The van der Waals surface area contributed by atoms with Gasteiger partial charge in [-0.25, -0.2) is 4.98 Å². The van der Waals surface area contributed by atoms with Gasteiger partial charge in [0.25, 0.3) is 5.91 Å². The van der Waals surface area contributed by atoms with Gasteiger partial charge in [0.2, 0.25) is 5.95 Å². The Balaban J connectivity index is 2.87. The minimum absolute atomic E-state index is 0.141. The number of carbonyl (C=O) groups excluding carboxylic acids is 1. The van der Waals surface area contributed by atoms with Crippen molar-refractivity contribution in [3.63, 3.8) is 0 Å². The summed E-state index contributed by atoms with van der Waals surface area (Å²) in [6.07, 6.45) is -10.4. The quantitative estimate of drug-likeness (QED) is 0.664. The van der Waals surface area contributed by atoms with Gasteiger partial charge in [0.1, 0.15) is 5.82 Å². The summed E-state index contributed by atoms with van der Waals surface area (Å²) >= 11 is 0. The third-order valence-corrected chi connectivity index (χ3v) is 2.95. The fraction of sp³-hybridized carbons (Fsp3) is 0.706. The van der Waals surface area contributed by atoms with E-state index in [-0.39, 0.29) is 5.95 Å². The third-order valence-electron chi connectivity index (χ3n) is 2.95. The van der Waals surface area contributed by atoms with Gasteiger partial charge < -0.3 is 21.5 Å². The van der Waals surface area contributed by atoms with Crippen LogP contribution in [0.25, 0.3) is 0 Å². The zero-order chi connectivity index (χ0) is 27.8. The molecule has 0 unspecified atom stereocenters. The van der Waals surface area contributed by atoms with Crippen molar-refractivity contribution in [3.8, 4) is 0 Å². The van der Waals surface area contributed by atoms with Gasteiger partial charge in [-0.05, 0) is 52.7 Å². The highest BCUT2D eigenvalue weighted by molar-refractivity contribution is 5.97. The molecule has 24 heavy (non-hydrogen) atoms. The zero-order valence-corrected chi connectivity index (χ0v) is 13.9. The second kappa shape index (κ2) is 6.55. The minimum Gasteiger partial charge on any atom is -0.390 e. The average molecular weight is 347 g/mol. The first-order chi connectivity index (χ1) is 15.2. The highest BCUT2D eigenvalue weighted by Gasteiger charge is 2.36. The van der Waals surface area contributed by atoms with E-state index in [1.165, 1.54) is 0 Å². The molecular formula is C17H29N5O2.